The molecular weight excluding hydrogens is 388 g/mol. The summed E-state index contributed by atoms with van der Waals surface area (Å²) in [5.74, 6) is -0.0437. The highest BCUT2D eigenvalue weighted by Gasteiger charge is 2.32. The van der Waals surface area contributed by atoms with Crippen molar-refractivity contribution in [1.29, 1.82) is 0 Å². The van der Waals surface area contributed by atoms with Gasteiger partial charge in [-0.15, -0.1) is 0 Å². The van der Waals surface area contributed by atoms with Crippen LogP contribution in [-0.2, 0) is 21.4 Å². The standard InChI is InChI=1S/C21H34N4O3S/c1-3-19-10-8-9-18(2)21(19)22-20(26)17-23-13-15-25(16-14-23)29(27,28)24-11-6-4-5-7-12-24/h8-10H,3-7,11-17H2,1-2H3,(H,22,26). The van der Waals surface area contributed by atoms with Gasteiger partial charge in [0.15, 0.2) is 0 Å². The molecule has 1 amide bonds. The molecule has 0 aliphatic carbocycles. The van der Waals surface area contributed by atoms with Gasteiger partial charge in [0.2, 0.25) is 5.91 Å². The van der Waals surface area contributed by atoms with E-state index in [9.17, 15) is 13.2 Å². The number of carbonyl (C=O) groups excluding carboxylic acids is 1. The first kappa shape index (κ1) is 22.2. The number of hydrogen-bond acceptors (Lipinski definition) is 4. The van der Waals surface area contributed by atoms with Crippen LogP contribution in [0, 0.1) is 6.92 Å². The number of nitrogens with one attached hydrogen (secondary N) is 1. The topological polar surface area (TPSA) is 73.0 Å². The molecule has 1 N–H and O–H groups in total. The summed E-state index contributed by atoms with van der Waals surface area (Å²) in [6.45, 7) is 7.66. The van der Waals surface area contributed by atoms with Crippen molar-refractivity contribution in [3.05, 3.63) is 29.3 Å². The highest BCUT2D eigenvalue weighted by atomic mass is 32.2. The summed E-state index contributed by atoms with van der Waals surface area (Å²) in [5, 5.41) is 3.06. The maximum atomic E-state index is 12.9. The fourth-order valence-corrected chi connectivity index (χ4v) is 5.81. The van der Waals surface area contributed by atoms with Crippen LogP contribution in [0.15, 0.2) is 18.2 Å². The van der Waals surface area contributed by atoms with Gasteiger partial charge < -0.3 is 5.32 Å². The molecule has 2 fully saturated rings. The van der Waals surface area contributed by atoms with Crippen LogP contribution in [0.3, 0.4) is 0 Å². The molecule has 0 spiro atoms. The van der Waals surface area contributed by atoms with Crippen LogP contribution in [0.1, 0.15) is 43.7 Å². The zero-order valence-electron chi connectivity index (χ0n) is 17.7. The molecule has 162 valence electrons. The van der Waals surface area contributed by atoms with E-state index in [1.807, 2.05) is 30.0 Å². The Morgan fingerprint density at radius 1 is 0.966 bits per heavy atom. The Morgan fingerprint density at radius 2 is 1.59 bits per heavy atom. The molecule has 1 aromatic carbocycles. The molecule has 2 aliphatic heterocycles. The Hall–Kier alpha value is -1.48. The number of amides is 1. The average molecular weight is 423 g/mol. The van der Waals surface area contributed by atoms with Crippen molar-refractivity contribution < 1.29 is 13.2 Å². The summed E-state index contributed by atoms with van der Waals surface area (Å²) in [6, 6.07) is 6.05. The van der Waals surface area contributed by atoms with Crippen molar-refractivity contribution in [3.8, 4) is 0 Å². The monoisotopic (exact) mass is 422 g/mol. The third-order valence-electron chi connectivity index (χ3n) is 5.92. The highest BCUT2D eigenvalue weighted by Crippen LogP contribution is 2.21. The van der Waals surface area contributed by atoms with E-state index in [1.54, 1.807) is 8.61 Å². The van der Waals surface area contributed by atoms with Crippen LogP contribution in [0.25, 0.3) is 0 Å². The molecule has 2 aliphatic rings. The van der Waals surface area contributed by atoms with Crippen LogP contribution in [0.4, 0.5) is 5.69 Å². The minimum atomic E-state index is -3.38. The van der Waals surface area contributed by atoms with E-state index in [0.717, 1.165) is 48.9 Å². The molecular formula is C21H34N4O3S. The van der Waals surface area contributed by atoms with Gasteiger partial charge >= 0.3 is 0 Å². The smallest absolute Gasteiger partial charge is 0.282 e. The summed E-state index contributed by atoms with van der Waals surface area (Å²) in [4.78, 5) is 14.6. The van der Waals surface area contributed by atoms with Crippen LogP contribution in [0.5, 0.6) is 0 Å². The summed E-state index contributed by atoms with van der Waals surface area (Å²) in [5.41, 5.74) is 3.10. The molecule has 0 radical (unpaired) electrons. The number of carbonyl (C=O) groups is 1. The molecule has 7 nitrogen and oxygen atoms in total. The van der Waals surface area contributed by atoms with Crippen molar-refractivity contribution in [2.24, 2.45) is 0 Å². The molecule has 1 aromatic rings. The van der Waals surface area contributed by atoms with E-state index in [1.165, 1.54) is 0 Å². The maximum Gasteiger partial charge on any atom is 0.282 e. The van der Waals surface area contributed by atoms with E-state index in [0.29, 0.717) is 39.3 Å². The third-order valence-corrected chi connectivity index (χ3v) is 7.96. The highest BCUT2D eigenvalue weighted by molar-refractivity contribution is 7.86. The van der Waals surface area contributed by atoms with E-state index in [-0.39, 0.29) is 12.5 Å². The normalized spacial score (nSPS) is 20.3. The summed E-state index contributed by atoms with van der Waals surface area (Å²) < 4.78 is 29.1. The number of nitrogens with zero attached hydrogens (tertiary/aromatic N) is 3. The molecule has 0 bridgehead atoms. The first-order valence-corrected chi connectivity index (χ1v) is 12.2. The molecule has 2 saturated heterocycles. The van der Waals surface area contributed by atoms with Gasteiger partial charge in [0, 0.05) is 45.0 Å². The van der Waals surface area contributed by atoms with Gasteiger partial charge in [-0.3, -0.25) is 9.69 Å². The molecule has 0 saturated carbocycles. The van der Waals surface area contributed by atoms with Crippen LogP contribution in [0.2, 0.25) is 0 Å². The van der Waals surface area contributed by atoms with Crippen molar-refractivity contribution >= 4 is 21.8 Å². The van der Waals surface area contributed by atoms with Crippen LogP contribution >= 0.6 is 0 Å². The van der Waals surface area contributed by atoms with E-state index in [4.69, 9.17) is 0 Å². The van der Waals surface area contributed by atoms with Crippen LogP contribution < -0.4 is 5.32 Å². The quantitative estimate of drug-likeness (QED) is 0.763. The Balaban J connectivity index is 1.52. The minimum absolute atomic E-state index is 0.0437. The number of hydrogen-bond donors (Lipinski definition) is 1. The predicted molar refractivity (Wildman–Crippen MR) is 116 cm³/mol. The molecule has 2 heterocycles. The minimum Gasteiger partial charge on any atom is -0.324 e. The van der Waals surface area contributed by atoms with E-state index >= 15 is 0 Å². The number of piperazine rings is 1. The molecule has 0 unspecified atom stereocenters. The van der Waals surface area contributed by atoms with Gasteiger partial charge in [-0.05, 0) is 37.3 Å². The van der Waals surface area contributed by atoms with Gasteiger partial charge in [0.1, 0.15) is 0 Å². The SMILES string of the molecule is CCc1cccc(C)c1NC(=O)CN1CCN(S(=O)(=O)N2CCCCCC2)CC1. The number of benzene rings is 1. The van der Waals surface area contributed by atoms with Crippen molar-refractivity contribution in [2.75, 3.05) is 51.1 Å². The van der Waals surface area contributed by atoms with E-state index in [2.05, 4.69) is 12.2 Å². The number of para-hydroxylation sites is 1. The lowest BCUT2D eigenvalue weighted by Gasteiger charge is -2.36. The summed E-state index contributed by atoms with van der Waals surface area (Å²) in [6.07, 6.45) is 4.96. The fourth-order valence-electron chi connectivity index (χ4n) is 4.14. The zero-order chi connectivity index (χ0) is 20.9. The number of aryl methyl sites for hydroxylation is 2. The second-order valence-corrected chi connectivity index (χ2v) is 9.94. The molecule has 0 aromatic heterocycles. The Morgan fingerprint density at radius 3 is 2.21 bits per heavy atom. The first-order chi connectivity index (χ1) is 13.9. The Kier molecular flexibility index (Phi) is 7.67. The summed E-state index contributed by atoms with van der Waals surface area (Å²) >= 11 is 0. The van der Waals surface area contributed by atoms with Crippen molar-refractivity contribution in [3.63, 3.8) is 0 Å². The molecule has 8 heteroatoms. The van der Waals surface area contributed by atoms with Crippen molar-refractivity contribution in [2.45, 2.75) is 46.0 Å². The maximum absolute atomic E-state index is 12.9. The van der Waals surface area contributed by atoms with Gasteiger partial charge in [0.05, 0.1) is 6.54 Å². The largest absolute Gasteiger partial charge is 0.324 e. The van der Waals surface area contributed by atoms with Gasteiger partial charge in [-0.25, -0.2) is 0 Å². The molecule has 29 heavy (non-hydrogen) atoms. The second kappa shape index (κ2) is 10.0. The van der Waals surface area contributed by atoms with Gasteiger partial charge in [-0.1, -0.05) is 38.0 Å². The number of rotatable bonds is 6. The Bertz CT molecular complexity index is 796. The first-order valence-electron chi connectivity index (χ1n) is 10.8. The summed E-state index contributed by atoms with van der Waals surface area (Å²) in [7, 11) is -3.38. The van der Waals surface area contributed by atoms with Crippen molar-refractivity contribution in [1.82, 2.24) is 13.5 Å². The van der Waals surface area contributed by atoms with E-state index < -0.39 is 10.2 Å². The second-order valence-electron chi connectivity index (χ2n) is 8.01. The molecule has 0 atom stereocenters. The fraction of sp³-hybridized carbons (Fsp3) is 0.667. The lowest BCUT2D eigenvalue weighted by Crippen LogP contribution is -2.54. The lowest BCUT2D eigenvalue weighted by atomic mass is 10.1. The van der Waals surface area contributed by atoms with Crippen LogP contribution in [-0.4, -0.2) is 73.6 Å². The average Bonchev–Trinajstić information content (AvgIpc) is 3.00. The lowest BCUT2D eigenvalue weighted by molar-refractivity contribution is -0.117. The van der Waals surface area contributed by atoms with Gasteiger partial charge in [-0.2, -0.15) is 17.0 Å². The predicted octanol–water partition coefficient (Wildman–Crippen LogP) is 2.23. The zero-order valence-corrected chi connectivity index (χ0v) is 18.5. The third kappa shape index (κ3) is 5.57. The van der Waals surface area contributed by atoms with Gasteiger partial charge in [0.25, 0.3) is 10.2 Å². The number of anilines is 1. The Labute approximate surface area is 175 Å². The molecule has 3 rings (SSSR count).